The number of methoxy groups -OCH3 is 2. The lowest BCUT2D eigenvalue weighted by atomic mass is 10.0. The van der Waals surface area contributed by atoms with Crippen LogP contribution in [0.25, 0.3) is 11.3 Å². The van der Waals surface area contributed by atoms with Gasteiger partial charge >= 0.3 is 0 Å². The van der Waals surface area contributed by atoms with Crippen molar-refractivity contribution in [3.63, 3.8) is 0 Å². The van der Waals surface area contributed by atoms with Gasteiger partial charge in [-0.15, -0.1) is 0 Å². The van der Waals surface area contributed by atoms with Crippen molar-refractivity contribution in [2.24, 2.45) is 0 Å². The lowest BCUT2D eigenvalue weighted by Crippen LogP contribution is -2.14. The summed E-state index contributed by atoms with van der Waals surface area (Å²) < 4.78 is 10.7. The molecule has 3 aromatic rings. The van der Waals surface area contributed by atoms with Gasteiger partial charge in [-0.1, -0.05) is 17.7 Å². The molecule has 0 N–H and O–H groups in total. The molecule has 0 saturated heterocycles. The van der Waals surface area contributed by atoms with E-state index in [1.807, 2.05) is 31.3 Å². The lowest BCUT2D eigenvalue weighted by molar-refractivity contribution is 0.355. The summed E-state index contributed by atoms with van der Waals surface area (Å²) in [5, 5.41) is 0. The van der Waals surface area contributed by atoms with Gasteiger partial charge < -0.3 is 14.4 Å². The van der Waals surface area contributed by atoms with Crippen LogP contribution in [0.5, 0.6) is 11.5 Å². The van der Waals surface area contributed by atoms with Gasteiger partial charge in [-0.2, -0.15) is 0 Å². The molecule has 5 nitrogen and oxygen atoms in total. The maximum absolute atomic E-state index is 5.41. The van der Waals surface area contributed by atoms with Gasteiger partial charge in [-0.05, 0) is 50.1 Å². The number of hydrogen-bond acceptors (Lipinski definition) is 5. The van der Waals surface area contributed by atoms with Gasteiger partial charge in [0.05, 0.1) is 19.9 Å². The molecule has 1 aromatic heterocycles. The molecule has 0 unspecified atom stereocenters. The van der Waals surface area contributed by atoms with Crippen LogP contribution in [0.1, 0.15) is 16.7 Å². The number of anilines is 2. The highest BCUT2D eigenvalue weighted by Crippen LogP contribution is 2.34. The molecule has 0 amide bonds. The Morgan fingerprint density at radius 2 is 1.48 bits per heavy atom. The zero-order chi connectivity index (χ0) is 19.6. The van der Waals surface area contributed by atoms with Gasteiger partial charge in [0.25, 0.3) is 0 Å². The second-order valence-corrected chi connectivity index (χ2v) is 6.64. The van der Waals surface area contributed by atoms with E-state index in [0.717, 1.165) is 22.8 Å². The van der Waals surface area contributed by atoms with Crippen molar-refractivity contribution in [2.75, 3.05) is 26.2 Å². The minimum atomic E-state index is 0.675. The maximum atomic E-state index is 5.41. The summed E-state index contributed by atoms with van der Waals surface area (Å²) in [5.74, 6) is 2.21. The van der Waals surface area contributed by atoms with Crippen molar-refractivity contribution in [1.29, 1.82) is 0 Å². The van der Waals surface area contributed by atoms with Crippen LogP contribution in [0, 0.1) is 20.8 Å². The first-order valence-corrected chi connectivity index (χ1v) is 8.80. The Morgan fingerprint density at radius 3 is 2.11 bits per heavy atom. The minimum Gasteiger partial charge on any atom is -0.493 e. The van der Waals surface area contributed by atoms with Crippen LogP contribution in [-0.4, -0.2) is 31.2 Å². The van der Waals surface area contributed by atoms with E-state index < -0.39 is 0 Å². The summed E-state index contributed by atoms with van der Waals surface area (Å²) in [4.78, 5) is 11.0. The van der Waals surface area contributed by atoms with E-state index in [9.17, 15) is 0 Å². The van der Waals surface area contributed by atoms with E-state index in [-0.39, 0.29) is 0 Å². The fraction of sp³-hybridized carbons (Fsp3) is 0.273. The number of hydrogen-bond donors (Lipinski definition) is 0. The third-order valence-electron chi connectivity index (χ3n) is 4.65. The summed E-state index contributed by atoms with van der Waals surface area (Å²) in [6.45, 7) is 6.37. The molecule has 0 spiro atoms. The first-order valence-electron chi connectivity index (χ1n) is 8.80. The van der Waals surface area contributed by atoms with Crippen LogP contribution in [0.4, 0.5) is 11.5 Å². The number of nitrogens with zero attached hydrogens (tertiary/aromatic N) is 3. The summed E-state index contributed by atoms with van der Waals surface area (Å²) >= 11 is 0. The number of aryl methyl sites for hydroxylation is 3. The third-order valence-corrected chi connectivity index (χ3v) is 4.65. The van der Waals surface area contributed by atoms with Crippen LogP contribution in [-0.2, 0) is 0 Å². The average Bonchev–Trinajstić information content (AvgIpc) is 2.66. The Morgan fingerprint density at radius 1 is 0.815 bits per heavy atom. The van der Waals surface area contributed by atoms with E-state index in [0.29, 0.717) is 11.5 Å². The molecule has 0 saturated carbocycles. The molecular weight excluding hydrogens is 338 g/mol. The van der Waals surface area contributed by atoms with Gasteiger partial charge in [0.15, 0.2) is 11.5 Å². The second kappa shape index (κ2) is 7.66. The molecule has 0 aliphatic rings. The topological polar surface area (TPSA) is 47.5 Å². The normalized spacial score (nSPS) is 10.6. The highest BCUT2D eigenvalue weighted by atomic mass is 16.5. The van der Waals surface area contributed by atoms with Crippen molar-refractivity contribution in [3.8, 4) is 22.8 Å². The van der Waals surface area contributed by atoms with Crippen molar-refractivity contribution in [3.05, 3.63) is 59.4 Å². The molecule has 0 aliphatic heterocycles. The van der Waals surface area contributed by atoms with E-state index in [1.165, 1.54) is 16.7 Å². The average molecular weight is 363 g/mol. The van der Waals surface area contributed by atoms with Gasteiger partial charge in [0, 0.05) is 24.4 Å². The summed E-state index contributed by atoms with van der Waals surface area (Å²) in [6, 6.07) is 12.1. The number of ether oxygens (including phenoxy) is 2. The summed E-state index contributed by atoms with van der Waals surface area (Å²) in [7, 11) is 5.29. The molecule has 0 atom stereocenters. The zero-order valence-electron chi connectivity index (χ0n) is 16.7. The van der Waals surface area contributed by atoms with Crippen molar-refractivity contribution < 1.29 is 9.47 Å². The number of benzene rings is 2. The van der Waals surface area contributed by atoms with Crippen molar-refractivity contribution >= 4 is 11.5 Å². The van der Waals surface area contributed by atoms with Crippen LogP contribution < -0.4 is 14.4 Å². The predicted molar refractivity (Wildman–Crippen MR) is 109 cm³/mol. The second-order valence-electron chi connectivity index (χ2n) is 6.64. The molecule has 27 heavy (non-hydrogen) atoms. The Kier molecular flexibility index (Phi) is 5.31. The Labute approximate surface area is 160 Å². The zero-order valence-corrected chi connectivity index (χ0v) is 16.7. The maximum Gasteiger partial charge on any atom is 0.161 e. The highest BCUT2D eigenvalue weighted by molar-refractivity contribution is 5.71. The molecule has 0 bridgehead atoms. The fourth-order valence-electron chi connectivity index (χ4n) is 3.50. The van der Waals surface area contributed by atoms with Crippen molar-refractivity contribution in [2.45, 2.75) is 20.8 Å². The summed E-state index contributed by atoms with van der Waals surface area (Å²) in [6.07, 6.45) is 1.59. The minimum absolute atomic E-state index is 0.675. The highest BCUT2D eigenvalue weighted by Gasteiger charge is 2.14. The fourth-order valence-corrected chi connectivity index (χ4v) is 3.50. The molecule has 0 aliphatic carbocycles. The SMILES string of the molecule is COc1ccc(-c2cc(N(C)c3c(C)cc(C)cc3C)ncn2)cc1OC. The van der Waals surface area contributed by atoms with Gasteiger partial charge in [0.1, 0.15) is 12.1 Å². The van der Waals surface area contributed by atoms with Crippen LogP contribution in [0.3, 0.4) is 0 Å². The Balaban J connectivity index is 2.01. The smallest absolute Gasteiger partial charge is 0.161 e. The molecule has 0 radical (unpaired) electrons. The quantitative estimate of drug-likeness (QED) is 0.648. The molecule has 140 valence electrons. The Bertz CT molecular complexity index is 947. The van der Waals surface area contributed by atoms with E-state index >= 15 is 0 Å². The van der Waals surface area contributed by atoms with E-state index in [2.05, 4.69) is 47.8 Å². The van der Waals surface area contributed by atoms with Gasteiger partial charge in [-0.25, -0.2) is 9.97 Å². The van der Waals surface area contributed by atoms with Crippen LogP contribution in [0.15, 0.2) is 42.7 Å². The predicted octanol–water partition coefficient (Wildman–Crippen LogP) is 4.85. The number of rotatable bonds is 5. The van der Waals surface area contributed by atoms with Gasteiger partial charge in [-0.3, -0.25) is 0 Å². The van der Waals surface area contributed by atoms with Crippen LogP contribution >= 0.6 is 0 Å². The van der Waals surface area contributed by atoms with Gasteiger partial charge in [0.2, 0.25) is 0 Å². The lowest BCUT2D eigenvalue weighted by Gasteiger charge is -2.23. The van der Waals surface area contributed by atoms with E-state index in [4.69, 9.17) is 9.47 Å². The van der Waals surface area contributed by atoms with Crippen molar-refractivity contribution in [1.82, 2.24) is 9.97 Å². The molecule has 1 heterocycles. The molecule has 0 fully saturated rings. The van der Waals surface area contributed by atoms with E-state index in [1.54, 1.807) is 20.5 Å². The largest absolute Gasteiger partial charge is 0.493 e. The monoisotopic (exact) mass is 363 g/mol. The third kappa shape index (κ3) is 3.72. The Hall–Kier alpha value is -3.08. The number of aromatic nitrogens is 2. The first kappa shape index (κ1) is 18.7. The summed E-state index contributed by atoms with van der Waals surface area (Å²) in [5.41, 5.74) is 6.65. The molecule has 5 heteroatoms. The first-order chi connectivity index (χ1) is 12.9. The molecule has 2 aromatic carbocycles. The molecule has 3 rings (SSSR count). The molecular formula is C22H25N3O2. The standard InChI is InChI=1S/C22H25N3O2/c1-14-9-15(2)22(16(3)10-14)25(4)21-12-18(23-13-24-21)17-7-8-19(26-5)20(11-17)27-6/h7-13H,1-6H3. The van der Waals surface area contributed by atoms with Crippen LogP contribution in [0.2, 0.25) is 0 Å².